The molecule has 170 valence electrons. The second-order valence-corrected chi connectivity index (χ2v) is 11.8. The van der Waals surface area contributed by atoms with Crippen LogP contribution in [0.5, 0.6) is 0 Å². The molecule has 0 bridgehead atoms. The second-order valence-electron chi connectivity index (χ2n) is 8.44. The topological polar surface area (TPSA) is 94.0 Å². The highest BCUT2D eigenvalue weighted by molar-refractivity contribution is 7.99. The number of nitrogens with one attached hydrogen (secondary N) is 1. The number of anilines is 1. The molecule has 1 N–H and O–H groups in total. The Morgan fingerprint density at radius 2 is 1.78 bits per heavy atom. The van der Waals surface area contributed by atoms with Crippen molar-refractivity contribution in [2.45, 2.75) is 36.2 Å². The van der Waals surface area contributed by atoms with Crippen LogP contribution >= 0.6 is 23.4 Å². The van der Waals surface area contributed by atoms with E-state index in [2.05, 4.69) is 48.4 Å². The summed E-state index contributed by atoms with van der Waals surface area (Å²) in [5.41, 5.74) is 2.48. The quantitative estimate of drug-likeness (QED) is 0.506. The molecule has 3 rings (SSSR count). The Morgan fingerprint density at radius 3 is 2.38 bits per heavy atom. The number of aromatic nitrogens is 3. The molecule has 0 unspecified atom stereocenters. The van der Waals surface area contributed by atoms with Crippen LogP contribution in [0.15, 0.2) is 52.5 Å². The highest BCUT2D eigenvalue weighted by Gasteiger charge is 2.17. The van der Waals surface area contributed by atoms with Gasteiger partial charge in [0.25, 0.3) is 0 Å². The van der Waals surface area contributed by atoms with Gasteiger partial charge in [-0.05, 0) is 29.2 Å². The molecule has 0 aliphatic rings. The van der Waals surface area contributed by atoms with Gasteiger partial charge in [0.15, 0.2) is 20.8 Å². The zero-order chi connectivity index (χ0) is 23.7. The maximum absolute atomic E-state index is 12.4. The monoisotopic (exact) mass is 492 g/mol. The summed E-state index contributed by atoms with van der Waals surface area (Å²) in [7, 11) is -1.56. The first-order valence-electron chi connectivity index (χ1n) is 9.79. The maximum atomic E-state index is 12.4. The smallest absolute Gasteiger partial charge is 0.234 e. The number of halogens is 1. The van der Waals surface area contributed by atoms with Crippen molar-refractivity contribution >= 4 is 44.8 Å². The Bertz CT molecular complexity index is 1250. The lowest BCUT2D eigenvalue weighted by atomic mass is 9.87. The first kappa shape index (κ1) is 24.3. The van der Waals surface area contributed by atoms with E-state index in [0.717, 1.165) is 11.8 Å². The van der Waals surface area contributed by atoms with Gasteiger partial charge in [0.05, 0.1) is 21.4 Å². The van der Waals surface area contributed by atoms with Gasteiger partial charge in [0.1, 0.15) is 0 Å². The molecule has 10 heteroatoms. The second kappa shape index (κ2) is 9.25. The van der Waals surface area contributed by atoms with Crippen molar-refractivity contribution in [2.75, 3.05) is 17.3 Å². The number of sulfone groups is 1. The summed E-state index contributed by atoms with van der Waals surface area (Å²) in [5.74, 6) is 0.438. The van der Waals surface area contributed by atoms with Crippen LogP contribution in [-0.4, -0.2) is 41.1 Å². The van der Waals surface area contributed by atoms with E-state index in [1.165, 1.54) is 35.5 Å². The van der Waals surface area contributed by atoms with Crippen molar-refractivity contribution in [3.8, 4) is 11.4 Å². The van der Waals surface area contributed by atoms with E-state index in [4.69, 9.17) is 11.6 Å². The Balaban J connectivity index is 1.68. The van der Waals surface area contributed by atoms with Crippen LogP contribution in [-0.2, 0) is 27.1 Å². The summed E-state index contributed by atoms with van der Waals surface area (Å²) in [4.78, 5) is 12.5. The van der Waals surface area contributed by atoms with Gasteiger partial charge < -0.3 is 9.88 Å². The van der Waals surface area contributed by atoms with E-state index in [1.54, 1.807) is 0 Å². The largest absolute Gasteiger partial charge is 0.324 e. The Hall–Kier alpha value is -2.36. The fourth-order valence-electron chi connectivity index (χ4n) is 2.96. The summed E-state index contributed by atoms with van der Waals surface area (Å²) in [6.07, 6.45) is 1.10. The molecule has 32 heavy (non-hydrogen) atoms. The summed E-state index contributed by atoms with van der Waals surface area (Å²) in [6, 6.07) is 12.4. The van der Waals surface area contributed by atoms with Crippen molar-refractivity contribution in [1.82, 2.24) is 14.8 Å². The van der Waals surface area contributed by atoms with Gasteiger partial charge in [-0.25, -0.2) is 8.42 Å². The van der Waals surface area contributed by atoms with Gasteiger partial charge in [-0.15, -0.1) is 10.2 Å². The van der Waals surface area contributed by atoms with Crippen molar-refractivity contribution in [1.29, 1.82) is 0 Å². The molecule has 0 aliphatic heterocycles. The van der Waals surface area contributed by atoms with Crippen molar-refractivity contribution in [3.05, 3.63) is 53.1 Å². The van der Waals surface area contributed by atoms with Gasteiger partial charge in [0, 0.05) is 18.9 Å². The van der Waals surface area contributed by atoms with E-state index in [-0.39, 0.29) is 32.7 Å². The third-order valence-corrected chi connectivity index (χ3v) is 7.28. The lowest BCUT2D eigenvalue weighted by Gasteiger charge is -2.19. The lowest BCUT2D eigenvalue weighted by Crippen LogP contribution is -2.15. The molecule has 0 atom stereocenters. The van der Waals surface area contributed by atoms with Crippen LogP contribution in [0.1, 0.15) is 26.3 Å². The SMILES string of the molecule is Cn1c(SCC(=O)Nc2cc(S(C)(=O)=O)ccc2Cl)nnc1-c1ccc(C(C)(C)C)cc1. The van der Waals surface area contributed by atoms with Crippen LogP contribution in [0.4, 0.5) is 5.69 Å². The third kappa shape index (κ3) is 5.70. The van der Waals surface area contributed by atoms with Crippen LogP contribution in [0.3, 0.4) is 0 Å². The van der Waals surface area contributed by atoms with Gasteiger partial charge in [-0.3, -0.25) is 4.79 Å². The zero-order valence-electron chi connectivity index (χ0n) is 18.5. The average molecular weight is 493 g/mol. The fourth-order valence-corrected chi connectivity index (χ4v) is 4.48. The summed E-state index contributed by atoms with van der Waals surface area (Å²) >= 11 is 7.33. The molecule has 0 saturated carbocycles. The van der Waals surface area contributed by atoms with Gasteiger partial charge in [-0.1, -0.05) is 68.4 Å². The highest BCUT2D eigenvalue weighted by atomic mass is 35.5. The summed E-state index contributed by atoms with van der Waals surface area (Å²) in [5, 5.41) is 12.0. The number of nitrogens with zero attached hydrogens (tertiary/aromatic N) is 3. The number of hydrogen-bond acceptors (Lipinski definition) is 6. The molecule has 3 aromatic rings. The molecule has 0 spiro atoms. The number of carbonyl (C=O) groups excluding carboxylic acids is 1. The number of benzene rings is 2. The molecule has 1 aromatic heterocycles. The Labute approximate surface area is 197 Å². The highest BCUT2D eigenvalue weighted by Crippen LogP contribution is 2.28. The minimum absolute atomic E-state index is 0.0639. The normalized spacial score (nSPS) is 12.1. The molecule has 0 saturated heterocycles. The lowest BCUT2D eigenvalue weighted by molar-refractivity contribution is -0.113. The first-order valence-corrected chi connectivity index (χ1v) is 13.0. The van der Waals surface area contributed by atoms with Gasteiger partial charge in [0.2, 0.25) is 5.91 Å². The number of carbonyl (C=O) groups is 1. The van der Waals surface area contributed by atoms with Crippen molar-refractivity contribution < 1.29 is 13.2 Å². The molecule has 2 aromatic carbocycles. The molecule has 0 fully saturated rings. The minimum Gasteiger partial charge on any atom is -0.324 e. The van der Waals surface area contributed by atoms with Gasteiger partial charge >= 0.3 is 0 Å². The number of rotatable bonds is 6. The van der Waals surface area contributed by atoms with Crippen molar-refractivity contribution in [3.63, 3.8) is 0 Å². The zero-order valence-corrected chi connectivity index (χ0v) is 20.9. The number of amides is 1. The van der Waals surface area contributed by atoms with E-state index in [1.807, 2.05) is 23.7 Å². The predicted molar refractivity (Wildman–Crippen MR) is 129 cm³/mol. The Morgan fingerprint density at radius 1 is 1.12 bits per heavy atom. The Kier molecular flexibility index (Phi) is 7.02. The average Bonchev–Trinajstić information content (AvgIpc) is 3.07. The van der Waals surface area contributed by atoms with E-state index < -0.39 is 9.84 Å². The van der Waals surface area contributed by atoms with Crippen molar-refractivity contribution in [2.24, 2.45) is 7.05 Å². The van der Waals surface area contributed by atoms with Crippen LogP contribution < -0.4 is 5.32 Å². The predicted octanol–water partition coefficient (Wildman–Crippen LogP) is 4.57. The van der Waals surface area contributed by atoms with E-state index in [0.29, 0.717) is 11.0 Å². The van der Waals surface area contributed by atoms with Crippen LogP contribution in [0, 0.1) is 0 Å². The molecular weight excluding hydrogens is 468 g/mol. The molecule has 0 aliphatic carbocycles. The summed E-state index contributed by atoms with van der Waals surface area (Å²) in [6.45, 7) is 6.48. The molecule has 1 amide bonds. The molecule has 0 radical (unpaired) electrons. The number of thioether (sulfide) groups is 1. The minimum atomic E-state index is -3.41. The van der Waals surface area contributed by atoms with Crippen LogP contribution in [0.25, 0.3) is 11.4 Å². The summed E-state index contributed by atoms with van der Waals surface area (Å²) < 4.78 is 25.3. The third-order valence-electron chi connectivity index (χ3n) is 4.82. The standard InChI is InChI=1S/C22H25ClN4O3S2/c1-22(2,3)15-8-6-14(7-9-15)20-25-26-21(27(20)4)31-13-19(28)24-18-12-16(32(5,29)30)10-11-17(18)23/h6-12H,13H2,1-5H3,(H,24,28). The van der Waals surface area contributed by atoms with Crippen LogP contribution in [0.2, 0.25) is 5.02 Å². The first-order chi connectivity index (χ1) is 14.9. The van der Waals surface area contributed by atoms with E-state index in [9.17, 15) is 13.2 Å². The maximum Gasteiger partial charge on any atom is 0.234 e. The molecule has 1 heterocycles. The van der Waals surface area contributed by atoms with E-state index >= 15 is 0 Å². The van der Waals surface area contributed by atoms with Gasteiger partial charge in [-0.2, -0.15) is 0 Å². The number of hydrogen-bond donors (Lipinski definition) is 1. The fraction of sp³-hybridized carbons (Fsp3) is 0.318. The molecular formula is C22H25ClN4O3S2. The molecule has 7 nitrogen and oxygen atoms in total.